The first-order valence-electron chi connectivity index (χ1n) is 20.3. The minimum Gasteiger partial charge on any atom is -0.413 e. The van der Waals surface area contributed by atoms with Gasteiger partial charge >= 0.3 is 7.60 Å². The zero-order chi connectivity index (χ0) is 34.8. The third kappa shape index (κ3) is 15.9. The molecule has 0 aliphatic heterocycles. The van der Waals surface area contributed by atoms with E-state index in [-0.39, 0.29) is 0 Å². The van der Waals surface area contributed by atoms with E-state index in [0.29, 0.717) is 16.8 Å². The first-order valence-corrected chi connectivity index (χ1v) is 21.9. The summed E-state index contributed by atoms with van der Waals surface area (Å²) in [4.78, 5) is 0. The van der Waals surface area contributed by atoms with Crippen LogP contribution in [0.1, 0.15) is 172 Å². The fourth-order valence-electron chi connectivity index (χ4n) is 6.78. The molecule has 49 heavy (non-hydrogen) atoms. The largest absolute Gasteiger partial charge is 0.463 e. The lowest BCUT2D eigenvalue weighted by molar-refractivity contribution is 0.394. The number of unbranched alkanes of at least 4 members (excludes halogenated alkanes) is 18. The summed E-state index contributed by atoms with van der Waals surface area (Å²) in [5.74, 6) is 1.37. The first kappa shape index (κ1) is 40.9. The van der Waals surface area contributed by atoms with Crippen molar-refractivity contribution in [1.82, 2.24) is 0 Å². The van der Waals surface area contributed by atoms with Gasteiger partial charge in [0.15, 0.2) is 0 Å². The minimum absolute atomic E-state index is 0.687. The molecule has 272 valence electrons. The summed E-state index contributed by atoms with van der Waals surface area (Å²) in [7, 11) is -3.79. The molecule has 0 amide bonds. The van der Waals surface area contributed by atoms with Gasteiger partial charge in [0, 0.05) is 0 Å². The Kier molecular flexibility index (Phi) is 21.2. The molecule has 3 nitrogen and oxygen atoms in total. The lowest BCUT2D eigenvalue weighted by Crippen LogP contribution is -2.20. The maximum absolute atomic E-state index is 15.4. The van der Waals surface area contributed by atoms with Crippen molar-refractivity contribution in [1.29, 1.82) is 0 Å². The van der Waals surface area contributed by atoms with Crippen LogP contribution in [0.3, 0.4) is 0 Å². The predicted molar refractivity (Wildman–Crippen MR) is 213 cm³/mol. The fraction of sp³-hybridized carbons (Fsp3) is 0.600. The van der Waals surface area contributed by atoms with Crippen LogP contribution in [-0.4, -0.2) is 0 Å². The molecule has 0 bridgehead atoms. The van der Waals surface area contributed by atoms with Gasteiger partial charge in [-0.2, -0.15) is 0 Å². The molecular weight excluding hydrogens is 619 g/mol. The maximum atomic E-state index is 15.4. The van der Waals surface area contributed by atoms with Crippen molar-refractivity contribution in [3.8, 4) is 11.5 Å². The predicted octanol–water partition coefficient (Wildman–Crippen LogP) is 14.5. The second-order valence-corrected chi connectivity index (χ2v) is 16.0. The van der Waals surface area contributed by atoms with Gasteiger partial charge < -0.3 is 9.05 Å². The molecule has 0 atom stereocenters. The van der Waals surface area contributed by atoms with Crippen LogP contribution in [0.5, 0.6) is 11.5 Å². The Morgan fingerprint density at radius 1 is 0.388 bits per heavy atom. The van der Waals surface area contributed by atoms with Crippen molar-refractivity contribution >= 4 is 12.9 Å². The van der Waals surface area contributed by atoms with Gasteiger partial charge in [-0.1, -0.05) is 191 Å². The molecule has 0 saturated carbocycles. The lowest BCUT2D eigenvalue weighted by Gasteiger charge is -2.25. The zero-order valence-corrected chi connectivity index (χ0v) is 32.5. The highest BCUT2D eigenvalue weighted by molar-refractivity contribution is 7.63. The Morgan fingerprint density at radius 2 is 0.694 bits per heavy atom. The quantitative estimate of drug-likeness (QED) is 0.0538. The molecule has 4 heteroatoms. The van der Waals surface area contributed by atoms with Crippen LogP contribution in [0.4, 0.5) is 0 Å². The maximum Gasteiger partial charge on any atom is 0.463 e. The van der Waals surface area contributed by atoms with Crippen molar-refractivity contribution in [2.24, 2.45) is 0 Å². The van der Waals surface area contributed by atoms with Crippen molar-refractivity contribution in [3.05, 3.63) is 89.5 Å². The van der Waals surface area contributed by atoms with E-state index >= 15 is 4.57 Å². The lowest BCUT2D eigenvalue weighted by atomic mass is 10.0. The monoisotopic (exact) mass is 688 g/mol. The normalized spacial score (nSPS) is 11.6. The Morgan fingerprint density at radius 3 is 1.10 bits per heavy atom. The molecule has 0 aliphatic rings. The molecule has 0 aromatic heterocycles. The van der Waals surface area contributed by atoms with E-state index in [9.17, 15) is 0 Å². The average molecular weight is 689 g/mol. The molecule has 0 fully saturated rings. The summed E-state index contributed by atoms with van der Waals surface area (Å²) < 4.78 is 28.8. The van der Waals surface area contributed by atoms with Gasteiger partial charge in [0.2, 0.25) is 0 Å². The van der Waals surface area contributed by atoms with E-state index in [1.54, 1.807) is 0 Å². The standard InChI is InChI=1S/C45H69O3P/c1-4-7-10-13-16-19-22-31-40-33-25-28-37-43(40)47-49(46,45-39-30-27-36-42(45)35-24-21-18-15-12-9-6-3)48-44-38-29-26-34-41(44)32-23-20-17-14-11-8-5-2/h25-30,33-34,36-39H,4-24,31-32,35H2,1-3H3. The smallest absolute Gasteiger partial charge is 0.413 e. The van der Waals surface area contributed by atoms with Crippen molar-refractivity contribution in [2.45, 2.75) is 175 Å². The Hall–Kier alpha value is -2.51. The van der Waals surface area contributed by atoms with Crippen LogP contribution < -0.4 is 14.4 Å². The topological polar surface area (TPSA) is 35.5 Å². The van der Waals surface area contributed by atoms with Crippen molar-refractivity contribution in [2.75, 3.05) is 0 Å². The number of rotatable bonds is 29. The SMILES string of the molecule is CCCCCCCCCc1ccccc1OP(=O)(Oc1ccccc1CCCCCCCCC)c1ccccc1CCCCCCCCC. The van der Waals surface area contributed by atoms with Gasteiger partial charge in [-0.05, 0) is 73.4 Å². The van der Waals surface area contributed by atoms with Gasteiger partial charge in [-0.3, -0.25) is 0 Å². The third-order valence-electron chi connectivity index (χ3n) is 9.82. The van der Waals surface area contributed by atoms with Crippen LogP contribution in [-0.2, 0) is 23.8 Å². The van der Waals surface area contributed by atoms with Crippen LogP contribution in [0.2, 0.25) is 0 Å². The number of para-hydroxylation sites is 2. The second kappa shape index (κ2) is 25.4. The third-order valence-corrected chi connectivity index (χ3v) is 11.7. The zero-order valence-electron chi connectivity index (χ0n) is 31.6. The number of benzene rings is 3. The molecular formula is C45H69O3P. The summed E-state index contributed by atoms with van der Waals surface area (Å²) in [6.45, 7) is 6.80. The Balaban J connectivity index is 1.81. The van der Waals surface area contributed by atoms with Gasteiger partial charge in [0.1, 0.15) is 11.5 Å². The fourth-order valence-corrected chi connectivity index (χ4v) is 8.70. The summed E-state index contributed by atoms with van der Waals surface area (Å²) in [6.07, 6.45) is 29.1. The van der Waals surface area contributed by atoms with Gasteiger partial charge in [0.25, 0.3) is 0 Å². The molecule has 0 spiro atoms. The van der Waals surface area contributed by atoms with E-state index in [2.05, 4.69) is 57.2 Å². The Bertz CT molecular complexity index is 1250. The number of hydrogen-bond donors (Lipinski definition) is 0. The molecule has 3 aromatic rings. The van der Waals surface area contributed by atoms with Gasteiger partial charge in [-0.25, -0.2) is 4.57 Å². The van der Waals surface area contributed by atoms with E-state index in [0.717, 1.165) is 55.2 Å². The molecule has 0 radical (unpaired) electrons. The number of hydrogen-bond acceptors (Lipinski definition) is 3. The van der Waals surface area contributed by atoms with Gasteiger partial charge in [-0.15, -0.1) is 0 Å². The molecule has 0 heterocycles. The van der Waals surface area contributed by atoms with Crippen LogP contribution in [0.15, 0.2) is 72.8 Å². The minimum atomic E-state index is -3.79. The van der Waals surface area contributed by atoms with Crippen molar-refractivity contribution < 1.29 is 13.6 Å². The van der Waals surface area contributed by atoms with Crippen LogP contribution in [0, 0.1) is 0 Å². The molecule has 3 aromatic carbocycles. The summed E-state index contributed by atoms with van der Waals surface area (Å²) in [5, 5.41) is 0.706. The van der Waals surface area contributed by atoms with Crippen molar-refractivity contribution in [3.63, 3.8) is 0 Å². The molecule has 3 rings (SSSR count). The Labute approximate surface area is 301 Å². The van der Waals surface area contributed by atoms with Crippen LogP contribution >= 0.6 is 7.60 Å². The first-order chi connectivity index (χ1) is 24.1. The highest BCUT2D eigenvalue weighted by Gasteiger charge is 2.35. The molecule has 0 saturated heterocycles. The summed E-state index contributed by atoms with van der Waals surface area (Å²) >= 11 is 0. The molecule has 0 N–H and O–H groups in total. The average Bonchev–Trinajstić information content (AvgIpc) is 3.12. The van der Waals surface area contributed by atoms with E-state index < -0.39 is 7.60 Å². The summed E-state index contributed by atoms with van der Waals surface area (Å²) in [6, 6.07) is 24.5. The van der Waals surface area contributed by atoms with Gasteiger partial charge in [0.05, 0.1) is 5.30 Å². The number of aryl methyl sites for hydroxylation is 3. The second-order valence-electron chi connectivity index (χ2n) is 14.1. The van der Waals surface area contributed by atoms with E-state index in [1.165, 1.54) is 116 Å². The summed E-state index contributed by atoms with van der Waals surface area (Å²) in [5.41, 5.74) is 3.30. The van der Waals surface area contributed by atoms with E-state index in [4.69, 9.17) is 9.05 Å². The van der Waals surface area contributed by atoms with Crippen LogP contribution in [0.25, 0.3) is 0 Å². The highest BCUT2D eigenvalue weighted by Crippen LogP contribution is 2.50. The molecule has 0 aliphatic carbocycles. The molecule has 0 unspecified atom stereocenters. The highest BCUT2D eigenvalue weighted by atomic mass is 31.2. The van der Waals surface area contributed by atoms with E-state index in [1.807, 2.05) is 36.4 Å².